The van der Waals surface area contributed by atoms with Crippen LogP contribution in [0.2, 0.25) is 0 Å². The minimum Gasteiger partial charge on any atom is -0.466 e. The van der Waals surface area contributed by atoms with Crippen LogP contribution in [0.25, 0.3) is 10.8 Å². The summed E-state index contributed by atoms with van der Waals surface area (Å²) < 4.78 is 5.22. The summed E-state index contributed by atoms with van der Waals surface area (Å²) in [5, 5.41) is 7.71. The number of aryl methyl sites for hydroxylation is 1. The third kappa shape index (κ3) is 8.46. The highest BCUT2D eigenvalue weighted by atomic mass is 32.1. The second kappa shape index (κ2) is 14.7. The Morgan fingerprint density at radius 2 is 1.54 bits per heavy atom. The monoisotopic (exact) mass is 567 g/mol. The predicted octanol–water partition coefficient (Wildman–Crippen LogP) is 6.28. The number of fused-ring (bicyclic) bond motifs is 1. The number of amides is 2. The molecule has 4 rings (SSSR count). The number of hydrogen-bond donors (Lipinski definition) is 2. The summed E-state index contributed by atoms with van der Waals surface area (Å²) in [5.74, 6) is -0.917. The number of esters is 1. The highest BCUT2D eigenvalue weighted by Crippen LogP contribution is 2.28. The maximum atomic E-state index is 13.4. The molecule has 41 heavy (non-hydrogen) atoms. The van der Waals surface area contributed by atoms with E-state index in [1.54, 1.807) is 29.2 Å². The zero-order valence-electron chi connectivity index (χ0n) is 23.0. The quantitative estimate of drug-likeness (QED) is 0.126. The van der Waals surface area contributed by atoms with E-state index in [0.717, 1.165) is 29.3 Å². The molecule has 0 aliphatic heterocycles. The molecule has 0 bridgehead atoms. The summed E-state index contributed by atoms with van der Waals surface area (Å²) in [7, 11) is 0. The Morgan fingerprint density at radius 1 is 0.829 bits per heavy atom. The molecule has 0 spiro atoms. The lowest BCUT2D eigenvalue weighted by atomic mass is 10.1. The van der Waals surface area contributed by atoms with Gasteiger partial charge in [-0.05, 0) is 73.3 Å². The first kappa shape index (κ1) is 29.4. The Labute approximate surface area is 245 Å². The molecule has 210 valence electrons. The summed E-state index contributed by atoms with van der Waals surface area (Å²) in [6, 6.07) is 30.8. The van der Waals surface area contributed by atoms with Crippen molar-refractivity contribution < 1.29 is 19.1 Å². The van der Waals surface area contributed by atoms with Gasteiger partial charge in [-0.25, -0.2) is 0 Å². The van der Waals surface area contributed by atoms with Gasteiger partial charge in [0.25, 0.3) is 5.91 Å². The van der Waals surface area contributed by atoms with Crippen molar-refractivity contribution in [2.24, 2.45) is 0 Å². The number of thiocarbonyl (C=S) groups is 1. The largest absolute Gasteiger partial charge is 0.466 e. The second-order valence-corrected chi connectivity index (χ2v) is 9.85. The highest BCUT2D eigenvalue weighted by Gasteiger charge is 2.18. The number of rotatable bonds is 11. The van der Waals surface area contributed by atoms with Crippen LogP contribution in [0.15, 0.2) is 97.1 Å². The van der Waals surface area contributed by atoms with Gasteiger partial charge in [-0.15, -0.1) is 0 Å². The van der Waals surface area contributed by atoms with E-state index in [0.29, 0.717) is 24.4 Å². The summed E-state index contributed by atoms with van der Waals surface area (Å²) in [4.78, 5) is 39.3. The maximum Gasteiger partial charge on any atom is 0.306 e. The van der Waals surface area contributed by atoms with Gasteiger partial charge in [0.1, 0.15) is 0 Å². The van der Waals surface area contributed by atoms with E-state index >= 15 is 0 Å². The van der Waals surface area contributed by atoms with E-state index in [-0.39, 0.29) is 29.8 Å². The molecule has 4 aromatic rings. The molecule has 0 heterocycles. The summed E-state index contributed by atoms with van der Waals surface area (Å²) in [5.41, 5.74) is 3.20. The van der Waals surface area contributed by atoms with Gasteiger partial charge in [0, 0.05) is 29.6 Å². The van der Waals surface area contributed by atoms with E-state index in [1.165, 1.54) is 5.56 Å². The van der Waals surface area contributed by atoms with Crippen molar-refractivity contribution in [3.8, 4) is 0 Å². The molecule has 0 saturated carbocycles. The summed E-state index contributed by atoms with van der Waals surface area (Å²) >= 11 is 5.24. The van der Waals surface area contributed by atoms with Crippen molar-refractivity contribution >= 4 is 57.3 Å². The van der Waals surface area contributed by atoms with Crippen molar-refractivity contribution in [3.63, 3.8) is 0 Å². The lowest BCUT2D eigenvalue weighted by molar-refractivity contribution is -0.145. The number of benzene rings is 4. The molecular formula is C33H33N3O4S. The average Bonchev–Trinajstić information content (AvgIpc) is 2.99. The van der Waals surface area contributed by atoms with Crippen LogP contribution >= 0.6 is 12.2 Å². The molecule has 0 radical (unpaired) electrons. The summed E-state index contributed by atoms with van der Waals surface area (Å²) in [6.45, 7) is 2.78. The Kier molecular flexibility index (Phi) is 10.6. The number of carbonyl (C=O) groups is 3. The van der Waals surface area contributed by atoms with Crippen LogP contribution in [0, 0.1) is 0 Å². The van der Waals surface area contributed by atoms with Crippen molar-refractivity contribution in [3.05, 3.63) is 108 Å². The van der Waals surface area contributed by atoms with Crippen LogP contribution in [-0.4, -0.2) is 36.0 Å². The van der Waals surface area contributed by atoms with Gasteiger partial charge in [0.05, 0.1) is 18.7 Å². The fraction of sp³-hybridized carbons (Fsp3) is 0.212. The van der Waals surface area contributed by atoms with Crippen molar-refractivity contribution in [1.29, 1.82) is 0 Å². The van der Waals surface area contributed by atoms with E-state index in [4.69, 9.17) is 17.0 Å². The second-order valence-electron chi connectivity index (χ2n) is 9.44. The number of anilines is 2. The normalized spacial score (nSPS) is 10.6. The van der Waals surface area contributed by atoms with Gasteiger partial charge in [0.2, 0.25) is 5.91 Å². The van der Waals surface area contributed by atoms with E-state index < -0.39 is 5.97 Å². The number of hydrogen-bond acceptors (Lipinski definition) is 5. The average molecular weight is 568 g/mol. The topological polar surface area (TPSA) is 87.7 Å². The zero-order chi connectivity index (χ0) is 29.0. The van der Waals surface area contributed by atoms with E-state index in [9.17, 15) is 14.4 Å². The molecule has 2 N–H and O–H groups in total. The number of nitrogens with zero attached hydrogens (tertiary/aromatic N) is 1. The first-order chi connectivity index (χ1) is 19.9. The van der Waals surface area contributed by atoms with Crippen LogP contribution in [0.3, 0.4) is 0 Å². The van der Waals surface area contributed by atoms with Gasteiger partial charge in [0.15, 0.2) is 5.11 Å². The molecule has 0 aliphatic rings. The Balaban J connectivity index is 1.22. The van der Waals surface area contributed by atoms with Crippen LogP contribution in [0.5, 0.6) is 0 Å². The Bertz CT molecular complexity index is 1500. The van der Waals surface area contributed by atoms with Gasteiger partial charge in [-0.3, -0.25) is 14.4 Å². The first-order valence-corrected chi connectivity index (χ1v) is 14.1. The van der Waals surface area contributed by atoms with Gasteiger partial charge < -0.3 is 20.3 Å². The molecule has 0 unspecified atom stereocenters. The smallest absolute Gasteiger partial charge is 0.306 e. The van der Waals surface area contributed by atoms with Crippen LogP contribution < -0.4 is 15.5 Å². The predicted molar refractivity (Wildman–Crippen MR) is 167 cm³/mol. The molecule has 0 aromatic heterocycles. The fourth-order valence-electron chi connectivity index (χ4n) is 4.47. The van der Waals surface area contributed by atoms with Crippen molar-refractivity contribution in [1.82, 2.24) is 5.32 Å². The Hall–Kier alpha value is -4.56. The standard InChI is InChI=1S/C33H33N3O4S/c1-2-36(29-16-8-14-25-13-6-7-15-28(25)29)32(39)26-17-19-27(20-18-26)34-33(41)35-30(37)21-22-31(38)40-23-9-12-24-10-4-3-5-11-24/h3-8,10-11,13-20H,2,9,12,21-23H2,1H3,(H2,34,35,37,41). The SMILES string of the molecule is CCN(C(=O)c1ccc(NC(=S)NC(=O)CCC(=O)OCCCc2ccccc2)cc1)c1cccc2ccccc12. The van der Waals surface area contributed by atoms with Crippen LogP contribution in [-0.2, 0) is 20.7 Å². The molecule has 2 amide bonds. The lowest BCUT2D eigenvalue weighted by Gasteiger charge is -2.23. The summed E-state index contributed by atoms with van der Waals surface area (Å²) in [6.07, 6.45) is 1.49. The third-order valence-electron chi connectivity index (χ3n) is 6.53. The van der Waals surface area contributed by atoms with Crippen molar-refractivity contribution in [2.45, 2.75) is 32.6 Å². The zero-order valence-corrected chi connectivity index (χ0v) is 23.8. The number of carbonyl (C=O) groups excluding carboxylic acids is 3. The van der Waals surface area contributed by atoms with Gasteiger partial charge in [-0.1, -0.05) is 66.7 Å². The lowest BCUT2D eigenvalue weighted by Crippen LogP contribution is -2.34. The van der Waals surface area contributed by atoms with E-state index in [2.05, 4.69) is 10.6 Å². The first-order valence-electron chi connectivity index (χ1n) is 13.6. The molecule has 0 aliphatic carbocycles. The number of nitrogens with one attached hydrogen (secondary N) is 2. The minimum atomic E-state index is -0.419. The van der Waals surface area contributed by atoms with Crippen LogP contribution in [0.4, 0.5) is 11.4 Å². The third-order valence-corrected chi connectivity index (χ3v) is 6.74. The molecule has 0 fully saturated rings. The molecule has 0 saturated heterocycles. The molecular weight excluding hydrogens is 534 g/mol. The fourth-order valence-corrected chi connectivity index (χ4v) is 4.70. The molecule has 8 heteroatoms. The number of ether oxygens (including phenoxy) is 1. The molecule has 4 aromatic carbocycles. The van der Waals surface area contributed by atoms with Crippen molar-refractivity contribution in [2.75, 3.05) is 23.4 Å². The van der Waals surface area contributed by atoms with E-state index in [1.807, 2.05) is 79.7 Å². The maximum absolute atomic E-state index is 13.4. The van der Waals surface area contributed by atoms with Gasteiger partial charge >= 0.3 is 5.97 Å². The van der Waals surface area contributed by atoms with Gasteiger partial charge in [-0.2, -0.15) is 0 Å². The van der Waals surface area contributed by atoms with Crippen LogP contribution in [0.1, 0.15) is 42.1 Å². The minimum absolute atomic E-state index is 0.0266. The molecule has 0 atom stereocenters. The Morgan fingerprint density at radius 3 is 2.29 bits per heavy atom. The molecule has 7 nitrogen and oxygen atoms in total. The highest BCUT2D eigenvalue weighted by molar-refractivity contribution is 7.80.